The van der Waals surface area contributed by atoms with Crippen LogP contribution >= 0.6 is 0 Å². The molecule has 0 aromatic carbocycles. The average Bonchev–Trinajstić information content (AvgIpc) is 2.41. The van der Waals surface area contributed by atoms with Crippen molar-refractivity contribution in [2.45, 2.75) is 24.0 Å². The summed E-state index contributed by atoms with van der Waals surface area (Å²) in [5.41, 5.74) is -0.118. The van der Waals surface area contributed by atoms with Crippen LogP contribution in [-0.4, -0.2) is 26.0 Å². The van der Waals surface area contributed by atoms with Crippen molar-refractivity contribution in [1.82, 2.24) is 4.72 Å². The third-order valence-electron chi connectivity index (χ3n) is 1.45. The van der Waals surface area contributed by atoms with E-state index in [1.807, 2.05) is 0 Å². The summed E-state index contributed by atoms with van der Waals surface area (Å²) in [6.45, 7) is 0. The number of hydrogen-bond acceptors (Lipinski definition) is 3. The van der Waals surface area contributed by atoms with Gasteiger partial charge < -0.3 is 5.73 Å². The van der Waals surface area contributed by atoms with Crippen molar-refractivity contribution in [3.8, 4) is 0 Å². The Labute approximate surface area is 67.0 Å². The van der Waals surface area contributed by atoms with Gasteiger partial charge in [-0.15, -0.1) is 0 Å². The second kappa shape index (κ2) is 2.57. The van der Waals surface area contributed by atoms with Crippen LogP contribution in [0.15, 0.2) is 0 Å². The first-order valence-electron chi connectivity index (χ1n) is 3.08. The van der Waals surface area contributed by atoms with Crippen molar-refractivity contribution in [2.75, 3.05) is 0 Å². The van der Waals surface area contributed by atoms with Crippen LogP contribution in [0.1, 0.15) is 6.42 Å². The highest BCUT2D eigenvalue weighted by atomic mass is 32.2. The van der Waals surface area contributed by atoms with Gasteiger partial charge in [-0.05, 0) is 6.42 Å². The summed E-state index contributed by atoms with van der Waals surface area (Å²) in [5, 5.41) is 0. The molecule has 0 saturated heterocycles. The molecule has 0 bridgehead atoms. The fourth-order valence-corrected chi connectivity index (χ4v) is 1.42. The number of hydrogen-bond donors (Lipinski definition) is 2. The zero-order valence-corrected chi connectivity index (χ0v) is 6.61. The molecule has 1 fully saturated rings. The van der Waals surface area contributed by atoms with E-state index in [0.29, 0.717) is 0 Å². The van der Waals surface area contributed by atoms with Gasteiger partial charge in [0.25, 0.3) is 0 Å². The second-order valence-electron chi connectivity index (χ2n) is 2.57. The van der Waals surface area contributed by atoms with Crippen LogP contribution in [0.2, 0.25) is 0 Å². The van der Waals surface area contributed by atoms with Crippen molar-refractivity contribution in [1.29, 1.82) is 0 Å². The molecule has 2 unspecified atom stereocenters. The monoisotopic (exact) mass is 204 g/mol. The molecular formula is C4H7F3N2O2S. The van der Waals surface area contributed by atoms with Crippen molar-refractivity contribution < 1.29 is 21.6 Å². The number of sulfonamides is 1. The molecule has 2 atom stereocenters. The van der Waals surface area contributed by atoms with Gasteiger partial charge >= 0.3 is 15.5 Å². The molecule has 12 heavy (non-hydrogen) atoms. The number of rotatable bonds is 2. The van der Waals surface area contributed by atoms with E-state index in [1.165, 1.54) is 4.72 Å². The topological polar surface area (TPSA) is 72.2 Å². The maximum atomic E-state index is 11.7. The van der Waals surface area contributed by atoms with Crippen LogP contribution in [0, 0.1) is 0 Å². The van der Waals surface area contributed by atoms with Crippen LogP contribution in [0.3, 0.4) is 0 Å². The van der Waals surface area contributed by atoms with E-state index >= 15 is 0 Å². The van der Waals surface area contributed by atoms with Crippen molar-refractivity contribution >= 4 is 10.0 Å². The minimum Gasteiger partial charge on any atom is -0.326 e. The molecule has 3 N–H and O–H groups in total. The summed E-state index contributed by atoms with van der Waals surface area (Å²) in [6.07, 6.45) is 0.259. The fraction of sp³-hybridized carbons (Fsp3) is 1.00. The molecule has 72 valence electrons. The Balaban J connectivity index is 2.62. The molecule has 1 rings (SSSR count). The molecular weight excluding hydrogens is 197 g/mol. The van der Waals surface area contributed by atoms with Crippen molar-refractivity contribution in [3.05, 3.63) is 0 Å². The summed E-state index contributed by atoms with van der Waals surface area (Å²) in [6, 6.07) is -1.24. The quantitative estimate of drug-likeness (QED) is 0.638. The summed E-state index contributed by atoms with van der Waals surface area (Å²) in [4.78, 5) is 0. The van der Waals surface area contributed by atoms with Gasteiger partial charge in [0.05, 0.1) is 0 Å². The Morgan fingerprint density at radius 3 is 2.08 bits per heavy atom. The summed E-state index contributed by atoms with van der Waals surface area (Å²) >= 11 is 0. The minimum absolute atomic E-state index is 0.259. The lowest BCUT2D eigenvalue weighted by Crippen LogP contribution is -2.39. The maximum Gasteiger partial charge on any atom is 0.511 e. The van der Waals surface area contributed by atoms with Crippen LogP contribution in [0.4, 0.5) is 13.2 Å². The molecule has 1 aliphatic rings. The second-order valence-corrected chi connectivity index (χ2v) is 4.28. The number of nitrogens with one attached hydrogen (secondary N) is 1. The Hall–Kier alpha value is -0.340. The van der Waals surface area contributed by atoms with Gasteiger partial charge in [-0.25, -0.2) is 13.1 Å². The zero-order chi connectivity index (χ0) is 9.57. The largest absolute Gasteiger partial charge is 0.511 e. The van der Waals surface area contributed by atoms with Gasteiger partial charge in [0.15, 0.2) is 0 Å². The van der Waals surface area contributed by atoms with Crippen LogP contribution < -0.4 is 10.5 Å². The van der Waals surface area contributed by atoms with E-state index in [0.717, 1.165) is 0 Å². The first-order chi connectivity index (χ1) is 5.24. The first-order valence-corrected chi connectivity index (χ1v) is 4.56. The minimum atomic E-state index is -5.24. The van der Waals surface area contributed by atoms with E-state index in [9.17, 15) is 21.6 Å². The van der Waals surface area contributed by atoms with E-state index in [-0.39, 0.29) is 6.42 Å². The molecule has 0 aromatic rings. The number of alkyl halides is 3. The van der Waals surface area contributed by atoms with Crippen LogP contribution in [0.25, 0.3) is 0 Å². The highest BCUT2D eigenvalue weighted by Gasteiger charge is 2.50. The molecule has 0 aromatic heterocycles. The Bertz CT molecular complexity index is 273. The molecule has 1 saturated carbocycles. The summed E-state index contributed by atoms with van der Waals surface area (Å²) in [7, 11) is -5.20. The smallest absolute Gasteiger partial charge is 0.326 e. The van der Waals surface area contributed by atoms with E-state index in [4.69, 9.17) is 5.73 Å². The molecule has 1 aliphatic carbocycles. The first kappa shape index (κ1) is 9.75. The Morgan fingerprint density at radius 1 is 1.42 bits per heavy atom. The van der Waals surface area contributed by atoms with Gasteiger partial charge in [0.1, 0.15) is 0 Å². The number of nitrogens with two attached hydrogens (primary N) is 1. The average molecular weight is 204 g/mol. The third-order valence-corrected chi connectivity index (χ3v) is 2.67. The summed E-state index contributed by atoms with van der Waals surface area (Å²) in [5.74, 6) is 0. The molecule has 4 nitrogen and oxygen atoms in total. The van der Waals surface area contributed by atoms with Crippen molar-refractivity contribution in [2.24, 2.45) is 5.73 Å². The zero-order valence-electron chi connectivity index (χ0n) is 5.80. The van der Waals surface area contributed by atoms with Gasteiger partial charge in [0, 0.05) is 12.1 Å². The lowest BCUT2D eigenvalue weighted by atomic mass is 10.7. The molecule has 0 amide bonds. The SMILES string of the molecule is NC1CC1NS(=O)(=O)C(F)(F)F. The molecule has 0 heterocycles. The highest BCUT2D eigenvalue weighted by Crippen LogP contribution is 2.26. The Morgan fingerprint density at radius 2 is 1.83 bits per heavy atom. The normalized spacial score (nSPS) is 30.3. The predicted molar refractivity (Wildman–Crippen MR) is 34.5 cm³/mol. The molecule has 0 radical (unpaired) electrons. The van der Waals surface area contributed by atoms with Crippen LogP contribution in [-0.2, 0) is 10.0 Å². The van der Waals surface area contributed by atoms with E-state index in [1.54, 1.807) is 0 Å². The summed E-state index contributed by atoms with van der Waals surface area (Å²) < 4.78 is 57.1. The van der Waals surface area contributed by atoms with Gasteiger partial charge in [0.2, 0.25) is 0 Å². The fourth-order valence-electron chi connectivity index (χ4n) is 0.616. The molecule has 8 heteroatoms. The van der Waals surface area contributed by atoms with Gasteiger partial charge in [-0.3, -0.25) is 0 Å². The molecule has 0 spiro atoms. The lowest BCUT2D eigenvalue weighted by Gasteiger charge is -2.07. The third kappa shape index (κ3) is 1.87. The molecule has 0 aliphatic heterocycles. The maximum absolute atomic E-state index is 11.7. The number of halogens is 3. The Kier molecular flexibility index (Phi) is 2.09. The highest BCUT2D eigenvalue weighted by molar-refractivity contribution is 7.90. The van der Waals surface area contributed by atoms with E-state index in [2.05, 4.69) is 0 Å². The van der Waals surface area contributed by atoms with Gasteiger partial charge in [-0.1, -0.05) is 0 Å². The van der Waals surface area contributed by atoms with E-state index < -0.39 is 27.6 Å². The lowest BCUT2D eigenvalue weighted by molar-refractivity contribution is -0.0448. The van der Waals surface area contributed by atoms with Gasteiger partial charge in [-0.2, -0.15) is 13.2 Å². The van der Waals surface area contributed by atoms with Crippen LogP contribution in [0.5, 0.6) is 0 Å². The van der Waals surface area contributed by atoms with Crippen molar-refractivity contribution in [3.63, 3.8) is 0 Å². The standard InChI is InChI=1S/C4H7F3N2O2S/c5-4(6,7)12(10,11)9-3-1-2(3)8/h2-3,9H,1,8H2. The predicted octanol–water partition coefficient (Wildman–Crippen LogP) is -0.475.